The summed E-state index contributed by atoms with van der Waals surface area (Å²) in [4.78, 5) is 22.7. The molecule has 1 amide bonds. The van der Waals surface area contributed by atoms with Gasteiger partial charge in [-0.15, -0.1) is 0 Å². The molecule has 0 N–H and O–H groups in total. The lowest BCUT2D eigenvalue weighted by atomic mass is 10.1. The summed E-state index contributed by atoms with van der Waals surface area (Å²) in [5.74, 6) is 2.07. The summed E-state index contributed by atoms with van der Waals surface area (Å²) in [6, 6.07) is 1.79. The zero-order chi connectivity index (χ0) is 17.1. The lowest BCUT2D eigenvalue weighted by Crippen LogP contribution is -2.44. The van der Waals surface area contributed by atoms with Crippen molar-refractivity contribution in [2.45, 2.75) is 32.8 Å². The predicted octanol–water partition coefficient (Wildman–Crippen LogP) is 2.38. The quantitative estimate of drug-likeness (QED) is 0.856. The Hall–Kier alpha value is -2.57. The Morgan fingerprint density at radius 3 is 2.71 bits per heavy atom. The molecule has 1 fully saturated rings. The Bertz CT molecular complexity index is 728. The van der Waals surface area contributed by atoms with Gasteiger partial charge in [-0.05, 0) is 32.8 Å². The van der Waals surface area contributed by atoms with E-state index in [9.17, 15) is 4.79 Å². The molecule has 0 spiro atoms. The standard InChI is InChI=1S/C17H21N3O4/c1-11-9-14(12(2)23-11)17(21)20-8-4-5-13(10-20)24-16-15(22-3)18-6-7-19-16/h6-7,9,13H,4-5,8,10H2,1-3H3/t13-/m0/s1. The number of hydrogen-bond acceptors (Lipinski definition) is 6. The Labute approximate surface area is 140 Å². The summed E-state index contributed by atoms with van der Waals surface area (Å²) in [6.07, 6.45) is 4.69. The van der Waals surface area contributed by atoms with Gasteiger partial charge in [-0.3, -0.25) is 4.79 Å². The predicted molar refractivity (Wildman–Crippen MR) is 86.3 cm³/mol. The fourth-order valence-corrected chi connectivity index (χ4v) is 2.92. The van der Waals surface area contributed by atoms with E-state index >= 15 is 0 Å². The molecular formula is C17H21N3O4. The second kappa shape index (κ2) is 6.90. The minimum absolute atomic E-state index is 0.0243. The first-order valence-electron chi connectivity index (χ1n) is 7.96. The zero-order valence-corrected chi connectivity index (χ0v) is 14.1. The van der Waals surface area contributed by atoms with Gasteiger partial charge in [0.25, 0.3) is 17.7 Å². The highest BCUT2D eigenvalue weighted by Crippen LogP contribution is 2.25. The number of methoxy groups -OCH3 is 1. The van der Waals surface area contributed by atoms with E-state index in [2.05, 4.69) is 9.97 Å². The zero-order valence-electron chi connectivity index (χ0n) is 14.1. The molecule has 0 unspecified atom stereocenters. The molecule has 0 saturated carbocycles. The van der Waals surface area contributed by atoms with Gasteiger partial charge >= 0.3 is 0 Å². The highest BCUT2D eigenvalue weighted by Gasteiger charge is 2.28. The van der Waals surface area contributed by atoms with Gasteiger partial charge in [0.1, 0.15) is 17.6 Å². The Balaban J connectivity index is 1.70. The number of carbonyl (C=O) groups excluding carboxylic acids is 1. The average Bonchev–Trinajstić information content (AvgIpc) is 2.93. The van der Waals surface area contributed by atoms with Crippen LogP contribution in [0.1, 0.15) is 34.7 Å². The van der Waals surface area contributed by atoms with Crippen LogP contribution in [0.2, 0.25) is 0 Å². The molecule has 7 heteroatoms. The second-order valence-electron chi connectivity index (χ2n) is 5.83. The molecule has 128 valence electrons. The number of aromatic nitrogens is 2. The van der Waals surface area contributed by atoms with Crippen LogP contribution in [-0.2, 0) is 0 Å². The fraction of sp³-hybridized carbons (Fsp3) is 0.471. The van der Waals surface area contributed by atoms with E-state index in [1.165, 1.54) is 7.11 Å². The number of ether oxygens (including phenoxy) is 2. The maximum atomic E-state index is 12.7. The smallest absolute Gasteiger partial charge is 0.278 e. The molecular weight excluding hydrogens is 310 g/mol. The number of carbonyl (C=O) groups is 1. The second-order valence-corrected chi connectivity index (χ2v) is 5.83. The molecule has 0 radical (unpaired) electrons. The maximum Gasteiger partial charge on any atom is 0.278 e. The Kier molecular flexibility index (Phi) is 4.69. The van der Waals surface area contributed by atoms with Gasteiger partial charge in [-0.2, -0.15) is 0 Å². The third-order valence-corrected chi connectivity index (χ3v) is 4.04. The van der Waals surface area contributed by atoms with Crippen molar-refractivity contribution in [2.75, 3.05) is 20.2 Å². The van der Waals surface area contributed by atoms with Crippen molar-refractivity contribution in [1.82, 2.24) is 14.9 Å². The fourth-order valence-electron chi connectivity index (χ4n) is 2.92. The van der Waals surface area contributed by atoms with E-state index < -0.39 is 0 Å². The van der Waals surface area contributed by atoms with E-state index in [4.69, 9.17) is 13.9 Å². The number of likely N-dealkylation sites (tertiary alicyclic amines) is 1. The Morgan fingerprint density at radius 2 is 2.04 bits per heavy atom. The lowest BCUT2D eigenvalue weighted by Gasteiger charge is -2.32. The van der Waals surface area contributed by atoms with Crippen LogP contribution < -0.4 is 9.47 Å². The maximum absolute atomic E-state index is 12.7. The molecule has 2 aromatic rings. The van der Waals surface area contributed by atoms with Gasteiger partial charge in [0.05, 0.1) is 19.2 Å². The van der Waals surface area contributed by atoms with Crippen LogP contribution in [0.4, 0.5) is 0 Å². The van der Waals surface area contributed by atoms with Crippen molar-refractivity contribution < 1.29 is 18.7 Å². The van der Waals surface area contributed by atoms with Crippen molar-refractivity contribution in [2.24, 2.45) is 0 Å². The highest BCUT2D eigenvalue weighted by molar-refractivity contribution is 5.95. The largest absolute Gasteiger partial charge is 0.477 e. The molecule has 3 rings (SSSR count). The summed E-state index contributed by atoms with van der Waals surface area (Å²) in [5, 5.41) is 0. The molecule has 3 heterocycles. The summed E-state index contributed by atoms with van der Waals surface area (Å²) in [7, 11) is 1.53. The molecule has 0 aromatic carbocycles. The van der Waals surface area contributed by atoms with Crippen LogP contribution in [0.3, 0.4) is 0 Å². The molecule has 2 aromatic heterocycles. The van der Waals surface area contributed by atoms with Crippen LogP contribution in [0.5, 0.6) is 11.8 Å². The van der Waals surface area contributed by atoms with E-state index in [0.29, 0.717) is 36.2 Å². The van der Waals surface area contributed by atoms with Crippen molar-refractivity contribution >= 4 is 5.91 Å². The van der Waals surface area contributed by atoms with Crippen LogP contribution in [-0.4, -0.2) is 47.1 Å². The number of rotatable bonds is 4. The SMILES string of the molecule is COc1nccnc1O[C@H]1CCCN(C(=O)c2cc(C)oc2C)C1. The first-order chi connectivity index (χ1) is 11.6. The minimum Gasteiger partial charge on any atom is -0.477 e. The number of nitrogens with zero attached hydrogens (tertiary/aromatic N) is 3. The van der Waals surface area contributed by atoms with Gasteiger partial charge in [0, 0.05) is 18.9 Å². The summed E-state index contributed by atoms with van der Waals surface area (Å²) in [5.41, 5.74) is 0.616. The molecule has 1 aliphatic rings. The van der Waals surface area contributed by atoms with Gasteiger partial charge in [0.2, 0.25) is 0 Å². The van der Waals surface area contributed by atoms with Crippen LogP contribution in [0.25, 0.3) is 0 Å². The number of aryl methyl sites for hydroxylation is 2. The van der Waals surface area contributed by atoms with Crippen molar-refractivity contribution in [3.63, 3.8) is 0 Å². The third kappa shape index (κ3) is 3.34. The molecule has 1 atom stereocenters. The van der Waals surface area contributed by atoms with E-state index in [0.717, 1.165) is 18.6 Å². The number of hydrogen-bond donors (Lipinski definition) is 0. The normalized spacial score (nSPS) is 17.6. The molecule has 0 bridgehead atoms. The van der Waals surface area contributed by atoms with Crippen molar-refractivity contribution in [3.05, 3.63) is 35.5 Å². The number of piperidine rings is 1. The van der Waals surface area contributed by atoms with Crippen molar-refractivity contribution in [1.29, 1.82) is 0 Å². The van der Waals surface area contributed by atoms with Crippen molar-refractivity contribution in [3.8, 4) is 11.8 Å². The van der Waals surface area contributed by atoms with Crippen LogP contribution >= 0.6 is 0 Å². The number of furan rings is 1. The summed E-state index contributed by atoms with van der Waals surface area (Å²) >= 11 is 0. The van der Waals surface area contributed by atoms with Gasteiger partial charge in [-0.1, -0.05) is 0 Å². The first-order valence-corrected chi connectivity index (χ1v) is 7.96. The molecule has 1 saturated heterocycles. The van der Waals surface area contributed by atoms with Gasteiger partial charge in [-0.25, -0.2) is 9.97 Å². The van der Waals surface area contributed by atoms with Crippen LogP contribution in [0, 0.1) is 13.8 Å². The monoisotopic (exact) mass is 331 g/mol. The highest BCUT2D eigenvalue weighted by atomic mass is 16.5. The topological polar surface area (TPSA) is 77.7 Å². The molecule has 7 nitrogen and oxygen atoms in total. The Morgan fingerprint density at radius 1 is 1.29 bits per heavy atom. The number of amides is 1. The summed E-state index contributed by atoms with van der Waals surface area (Å²) in [6.45, 7) is 4.86. The summed E-state index contributed by atoms with van der Waals surface area (Å²) < 4.78 is 16.5. The lowest BCUT2D eigenvalue weighted by molar-refractivity contribution is 0.0517. The molecule has 1 aliphatic heterocycles. The van der Waals surface area contributed by atoms with E-state index in [1.54, 1.807) is 23.4 Å². The van der Waals surface area contributed by atoms with E-state index in [1.807, 2.05) is 13.8 Å². The first kappa shape index (κ1) is 16.3. The molecule has 24 heavy (non-hydrogen) atoms. The molecule has 0 aliphatic carbocycles. The van der Waals surface area contributed by atoms with E-state index in [-0.39, 0.29) is 12.0 Å². The average molecular weight is 331 g/mol. The van der Waals surface area contributed by atoms with Crippen LogP contribution in [0.15, 0.2) is 22.9 Å². The van der Waals surface area contributed by atoms with Gasteiger partial charge in [0.15, 0.2) is 0 Å². The minimum atomic E-state index is -0.137. The van der Waals surface area contributed by atoms with Gasteiger partial charge < -0.3 is 18.8 Å². The third-order valence-electron chi connectivity index (χ3n) is 4.04.